The molecule has 0 radical (unpaired) electrons. The molecule has 0 spiro atoms. The van der Waals surface area contributed by atoms with Gasteiger partial charge in [0.1, 0.15) is 6.33 Å². The van der Waals surface area contributed by atoms with E-state index in [1.807, 2.05) is 0 Å². The minimum Gasteiger partial charge on any atom is -0.361 e. The van der Waals surface area contributed by atoms with Crippen LogP contribution in [0.3, 0.4) is 0 Å². The number of halogens is 2. The number of hydrogen-bond donors (Lipinski definition) is 2. The summed E-state index contributed by atoms with van der Waals surface area (Å²) in [4.78, 5) is 18.7. The zero-order chi connectivity index (χ0) is 17.1. The fourth-order valence-electron chi connectivity index (χ4n) is 2.72. The van der Waals surface area contributed by atoms with Crippen molar-refractivity contribution in [2.45, 2.75) is 31.7 Å². The van der Waals surface area contributed by atoms with Crippen LogP contribution in [-0.4, -0.2) is 20.9 Å². The minimum absolute atomic E-state index is 0.0819. The molecule has 1 aliphatic carbocycles. The summed E-state index contributed by atoms with van der Waals surface area (Å²) in [7, 11) is 0. The molecule has 9 heteroatoms. The number of rotatable bonds is 5. The Kier molecular flexibility index (Phi) is 4.50. The average molecular weight is 335 g/mol. The normalized spacial score (nSPS) is 14.6. The molecular formula is C15H15F2N5O2. The lowest BCUT2D eigenvalue weighted by molar-refractivity contribution is -0.383. The Bertz CT molecular complexity index is 766. The SMILES string of the molecule is O=[N+]([O-])c1c(Nc2ccc(F)c(F)c2)ncnc1NC1CCCC1. The lowest BCUT2D eigenvalue weighted by atomic mass is 10.2. The van der Waals surface area contributed by atoms with Gasteiger partial charge in [-0.25, -0.2) is 18.7 Å². The summed E-state index contributed by atoms with van der Waals surface area (Å²) in [6.07, 6.45) is 5.17. The van der Waals surface area contributed by atoms with E-state index in [2.05, 4.69) is 20.6 Å². The summed E-state index contributed by atoms with van der Waals surface area (Å²) in [6.45, 7) is 0. The molecule has 0 amide bonds. The van der Waals surface area contributed by atoms with Crippen LogP contribution < -0.4 is 10.6 Å². The zero-order valence-electron chi connectivity index (χ0n) is 12.6. The summed E-state index contributed by atoms with van der Waals surface area (Å²) >= 11 is 0. The summed E-state index contributed by atoms with van der Waals surface area (Å²) in [5, 5.41) is 17.2. The highest BCUT2D eigenvalue weighted by molar-refractivity contribution is 5.73. The fourth-order valence-corrected chi connectivity index (χ4v) is 2.72. The van der Waals surface area contributed by atoms with E-state index in [0.717, 1.165) is 37.8 Å². The summed E-state index contributed by atoms with van der Waals surface area (Å²) < 4.78 is 26.3. The van der Waals surface area contributed by atoms with Crippen LogP contribution >= 0.6 is 0 Å². The lowest BCUT2D eigenvalue weighted by Crippen LogP contribution is -2.17. The zero-order valence-corrected chi connectivity index (χ0v) is 12.6. The second-order valence-electron chi connectivity index (χ2n) is 5.56. The van der Waals surface area contributed by atoms with Crippen LogP contribution in [0.15, 0.2) is 24.5 Å². The standard InChI is InChI=1S/C15H15F2N5O2/c16-11-6-5-10(7-12(11)17)21-15-13(22(23)24)14(18-8-19-15)20-9-3-1-2-4-9/h5-9H,1-4H2,(H2,18,19,20,21). The van der Waals surface area contributed by atoms with Gasteiger partial charge in [-0.15, -0.1) is 0 Å². The number of nitrogens with one attached hydrogen (secondary N) is 2. The molecule has 0 unspecified atom stereocenters. The number of nitro groups is 1. The molecule has 1 aromatic heterocycles. The van der Waals surface area contributed by atoms with Gasteiger partial charge in [0.05, 0.1) is 4.92 Å². The smallest absolute Gasteiger partial charge is 0.353 e. The highest BCUT2D eigenvalue weighted by Gasteiger charge is 2.26. The van der Waals surface area contributed by atoms with Crippen molar-refractivity contribution in [1.29, 1.82) is 0 Å². The van der Waals surface area contributed by atoms with Crippen molar-refractivity contribution in [2.24, 2.45) is 0 Å². The van der Waals surface area contributed by atoms with Gasteiger partial charge in [-0.1, -0.05) is 12.8 Å². The van der Waals surface area contributed by atoms with Gasteiger partial charge in [0.25, 0.3) is 0 Å². The van der Waals surface area contributed by atoms with Gasteiger partial charge in [0.2, 0.25) is 11.6 Å². The van der Waals surface area contributed by atoms with Crippen molar-refractivity contribution < 1.29 is 13.7 Å². The Hall–Kier alpha value is -2.84. The van der Waals surface area contributed by atoms with Crippen LogP contribution in [0.4, 0.5) is 31.8 Å². The second kappa shape index (κ2) is 6.73. The van der Waals surface area contributed by atoms with Gasteiger partial charge >= 0.3 is 5.69 Å². The third-order valence-electron chi connectivity index (χ3n) is 3.88. The molecule has 7 nitrogen and oxygen atoms in total. The molecule has 0 atom stereocenters. The van der Waals surface area contributed by atoms with E-state index in [4.69, 9.17) is 0 Å². The van der Waals surface area contributed by atoms with Crippen LogP contribution in [0.1, 0.15) is 25.7 Å². The van der Waals surface area contributed by atoms with E-state index in [1.165, 1.54) is 12.4 Å². The topological polar surface area (TPSA) is 93.0 Å². The van der Waals surface area contributed by atoms with Crippen molar-refractivity contribution in [3.63, 3.8) is 0 Å². The van der Waals surface area contributed by atoms with Crippen LogP contribution in [0.5, 0.6) is 0 Å². The maximum absolute atomic E-state index is 13.3. The molecule has 126 valence electrons. The lowest BCUT2D eigenvalue weighted by Gasteiger charge is -2.14. The maximum Gasteiger partial charge on any atom is 0.353 e. The molecule has 2 aromatic rings. The van der Waals surface area contributed by atoms with Gasteiger partial charge in [0, 0.05) is 17.8 Å². The number of hydrogen-bond acceptors (Lipinski definition) is 6. The third-order valence-corrected chi connectivity index (χ3v) is 3.88. The number of anilines is 3. The Morgan fingerprint density at radius 2 is 1.83 bits per heavy atom. The van der Waals surface area contributed by atoms with Crippen LogP contribution in [0.25, 0.3) is 0 Å². The molecule has 1 fully saturated rings. The first-order valence-corrected chi connectivity index (χ1v) is 7.52. The van der Waals surface area contributed by atoms with E-state index in [0.29, 0.717) is 0 Å². The Morgan fingerprint density at radius 3 is 2.50 bits per heavy atom. The van der Waals surface area contributed by atoms with Gasteiger partial charge in [-0.2, -0.15) is 0 Å². The number of nitrogens with zero attached hydrogens (tertiary/aromatic N) is 3. The number of benzene rings is 1. The maximum atomic E-state index is 13.3. The molecule has 3 rings (SSSR count). The average Bonchev–Trinajstić information content (AvgIpc) is 3.04. The molecule has 1 aromatic carbocycles. The largest absolute Gasteiger partial charge is 0.361 e. The summed E-state index contributed by atoms with van der Waals surface area (Å²) in [6, 6.07) is 3.25. The predicted molar refractivity (Wildman–Crippen MR) is 84.2 cm³/mol. The van der Waals surface area contributed by atoms with E-state index < -0.39 is 16.6 Å². The van der Waals surface area contributed by atoms with Crippen molar-refractivity contribution in [2.75, 3.05) is 10.6 Å². The molecule has 0 aliphatic heterocycles. The van der Waals surface area contributed by atoms with E-state index in [1.54, 1.807) is 0 Å². The molecule has 1 saturated carbocycles. The van der Waals surface area contributed by atoms with Crippen molar-refractivity contribution in [3.05, 3.63) is 46.3 Å². The molecular weight excluding hydrogens is 320 g/mol. The van der Waals surface area contributed by atoms with Gasteiger partial charge in [-0.3, -0.25) is 10.1 Å². The first-order valence-electron chi connectivity index (χ1n) is 7.52. The van der Waals surface area contributed by atoms with Crippen molar-refractivity contribution in [1.82, 2.24) is 9.97 Å². The van der Waals surface area contributed by atoms with Crippen molar-refractivity contribution >= 4 is 23.0 Å². The van der Waals surface area contributed by atoms with Gasteiger partial charge in [0.15, 0.2) is 11.6 Å². The van der Waals surface area contributed by atoms with E-state index >= 15 is 0 Å². The minimum atomic E-state index is -1.05. The highest BCUT2D eigenvalue weighted by atomic mass is 19.2. The first-order chi connectivity index (χ1) is 11.5. The molecule has 1 heterocycles. The molecule has 1 aliphatic rings. The third kappa shape index (κ3) is 3.39. The van der Waals surface area contributed by atoms with Gasteiger partial charge in [-0.05, 0) is 25.0 Å². The Balaban J connectivity index is 1.91. The predicted octanol–water partition coefficient (Wildman–Crippen LogP) is 3.76. The van der Waals surface area contributed by atoms with E-state index in [-0.39, 0.29) is 29.1 Å². The second-order valence-corrected chi connectivity index (χ2v) is 5.56. The van der Waals surface area contributed by atoms with E-state index in [9.17, 15) is 18.9 Å². The summed E-state index contributed by atoms with van der Waals surface area (Å²) in [5.41, 5.74) is -0.170. The molecule has 24 heavy (non-hydrogen) atoms. The van der Waals surface area contributed by atoms with Gasteiger partial charge < -0.3 is 10.6 Å². The molecule has 2 N–H and O–H groups in total. The molecule has 0 bridgehead atoms. The summed E-state index contributed by atoms with van der Waals surface area (Å²) in [5.74, 6) is -2.02. The highest BCUT2D eigenvalue weighted by Crippen LogP contribution is 2.33. The first kappa shape index (κ1) is 16.0. The molecule has 0 saturated heterocycles. The quantitative estimate of drug-likeness (QED) is 0.638. The Morgan fingerprint density at radius 1 is 1.12 bits per heavy atom. The van der Waals surface area contributed by atoms with Crippen LogP contribution in [-0.2, 0) is 0 Å². The monoisotopic (exact) mass is 335 g/mol. The van der Waals surface area contributed by atoms with Crippen LogP contribution in [0, 0.1) is 21.7 Å². The van der Waals surface area contributed by atoms with Crippen molar-refractivity contribution in [3.8, 4) is 0 Å². The van der Waals surface area contributed by atoms with Crippen LogP contribution in [0.2, 0.25) is 0 Å². The number of aromatic nitrogens is 2. The fraction of sp³-hybridized carbons (Fsp3) is 0.333. The Labute approximate surface area is 136 Å².